The summed E-state index contributed by atoms with van der Waals surface area (Å²) in [4.78, 5) is 28.8. The number of benzene rings is 1. The molecule has 0 radical (unpaired) electrons. The van der Waals surface area contributed by atoms with Gasteiger partial charge in [0.25, 0.3) is 0 Å². The summed E-state index contributed by atoms with van der Waals surface area (Å²) in [5.41, 5.74) is 0.812. The van der Waals surface area contributed by atoms with Crippen molar-refractivity contribution in [3.05, 3.63) is 24.3 Å². The van der Waals surface area contributed by atoms with Crippen LogP contribution in [0.3, 0.4) is 0 Å². The van der Waals surface area contributed by atoms with Crippen LogP contribution in [0.4, 0.5) is 5.69 Å². The molecule has 2 heterocycles. The lowest BCUT2D eigenvalue weighted by molar-refractivity contribution is -0.147. The van der Waals surface area contributed by atoms with Crippen molar-refractivity contribution in [3.63, 3.8) is 0 Å². The van der Waals surface area contributed by atoms with Crippen molar-refractivity contribution in [2.45, 2.75) is 39.4 Å². The number of hydrogen-bond acceptors (Lipinski definition) is 4. The van der Waals surface area contributed by atoms with Crippen LogP contribution in [-0.4, -0.2) is 55.2 Å². The van der Waals surface area contributed by atoms with Crippen LogP contribution in [0.2, 0.25) is 0 Å². The second kappa shape index (κ2) is 7.44. The Morgan fingerprint density at radius 3 is 2.40 bits per heavy atom. The van der Waals surface area contributed by atoms with Crippen molar-refractivity contribution < 1.29 is 19.1 Å². The van der Waals surface area contributed by atoms with Crippen LogP contribution in [-0.2, 0) is 14.3 Å². The van der Waals surface area contributed by atoms with E-state index in [0.717, 1.165) is 11.4 Å². The topological polar surface area (TPSA) is 59.1 Å². The first-order valence-corrected chi connectivity index (χ1v) is 8.95. The first-order valence-electron chi connectivity index (χ1n) is 8.95. The summed E-state index contributed by atoms with van der Waals surface area (Å²) in [6, 6.07) is 7.45. The van der Waals surface area contributed by atoms with E-state index in [4.69, 9.17) is 9.47 Å². The number of hydrogen-bond donors (Lipinski definition) is 0. The van der Waals surface area contributed by atoms with E-state index in [9.17, 15) is 9.59 Å². The number of anilines is 1. The van der Waals surface area contributed by atoms with E-state index in [0.29, 0.717) is 26.2 Å². The lowest BCUT2D eigenvalue weighted by Gasteiger charge is -2.36. The lowest BCUT2D eigenvalue weighted by Crippen LogP contribution is -2.50. The highest BCUT2D eigenvalue weighted by atomic mass is 16.5. The molecule has 0 spiro atoms. The second-order valence-corrected chi connectivity index (χ2v) is 6.83. The van der Waals surface area contributed by atoms with Crippen LogP contribution in [0, 0.1) is 5.92 Å². The minimum Gasteiger partial charge on any atom is -0.494 e. The molecule has 0 saturated carbocycles. The van der Waals surface area contributed by atoms with Gasteiger partial charge in [-0.05, 0) is 45.0 Å². The summed E-state index contributed by atoms with van der Waals surface area (Å²) < 4.78 is 11.1. The molecular weight excluding hydrogens is 320 g/mol. The summed E-state index contributed by atoms with van der Waals surface area (Å²) in [5.74, 6) is 0.555. The number of nitrogens with zero attached hydrogens (tertiary/aromatic N) is 2. The van der Waals surface area contributed by atoms with Crippen molar-refractivity contribution in [2.75, 3.05) is 31.1 Å². The van der Waals surface area contributed by atoms with Gasteiger partial charge in [-0.2, -0.15) is 0 Å². The average Bonchev–Trinajstić information content (AvgIpc) is 2.96. The molecule has 1 aromatic rings. The van der Waals surface area contributed by atoms with Crippen molar-refractivity contribution in [1.82, 2.24) is 4.90 Å². The van der Waals surface area contributed by atoms with E-state index in [1.54, 1.807) is 4.90 Å². The highest BCUT2D eigenvalue weighted by Crippen LogP contribution is 2.28. The predicted octanol–water partition coefficient (Wildman–Crippen LogP) is 2.07. The fraction of sp³-hybridized carbons (Fsp3) is 0.579. The molecule has 25 heavy (non-hydrogen) atoms. The van der Waals surface area contributed by atoms with E-state index in [1.165, 1.54) is 0 Å². The highest BCUT2D eigenvalue weighted by Gasteiger charge is 2.38. The molecule has 0 N–H and O–H groups in total. The number of morpholine rings is 1. The van der Waals surface area contributed by atoms with Crippen LogP contribution in [0.1, 0.15) is 27.2 Å². The number of carbonyl (C=O) groups is 2. The van der Waals surface area contributed by atoms with E-state index in [2.05, 4.69) is 0 Å². The van der Waals surface area contributed by atoms with E-state index in [1.807, 2.05) is 49.9 Å². The Morgan fingerprint density at radius 1 is 1.16 bits per heavy atom. The second-order valence-electron chi connectivity index (χ2n) is 6.83. The molecule has 1 aromatic carbocycles. The third-order valence-corrected chi connectivity index (χ3v) is 4.66. The van der Waals surface area contributed by atoms with Gasteiger partial charge in [0.15, 0.2) is 0 Å². The maximum absolute atomic E-state index is 12.8. The molecule has 0 aromatic heterocycles. The van der Waals surface area contributed by atoms with Gasteiger partial charge in [-0.15, -0.1) is 0 Å². The fourth-order valence-corrected chi connectivity index (χ4v) is 3.63. The zero-order valence-corrected chi connectivity index (χ0v) is 15.1. The van der Waals surface area contributed by atoms with E-state index in [-0.39, 0.29) is 36.4 Å². The Kier molecular flexibility index (Phi) is 5.27. The quantitative estimate of drug-likeness (QED) is 0.837. The fourth-order valence-electron chi connectivity index (χ4n) is 3.63. The molecule has 136 valence electrons. The lowest BCUT2D eigenvalue weighted by atomic mass is 10.1. The third kappa shape index (κ3) is 3.95. The standard InChI is InChI=1S/C19H26N2O4/c1-4-24-17-7-5-16(6-8-17)21-12-15(9-18(21)22)19(23)20-10-13(2)25-14(3)11-20/h5-8,13-15H,4,9-12H2,1-3H3/t13-,14+,15-/m1/s1. The summed E-state index contributed by atoms with van der Waals surface area (Å²) in [6.45, 7) is 8.11. The summed E-state index contributed by atoms with van der Waals surface area (Å²) in [5, 5.41) is 0. The van der Waals surface area contributed by atoms with Gasteiger partial charge < -0.3 is 19.3 Å². The van der Waals surface area contributed by atoms with Crippen LogP contribution in [0.15, 0.2) is 24.3 Å². The summed E-state index contributed by atoms with van der Waals surface area (Å²) >= 11 is 0. The predicted molar refractivity (Wildman–Crippen MR) is 94.7 cm³/mol. The molecular formula is C19H26N2O4. The molecule has 2 aliphatic heterocycles. The Hall–Kier alpha value is -2.08. The number of amides is 2. The van der Waals surface area contributed by atoms with Crippen molar-refractivity contribution >= 4 is 17.5 Å². The minimum absolute atomic E-state index is 0.00290. The molecule has 6 heteroatoms. The smallest absolute Gasteiger partial charge is 0.228 e. The number of carbonyl (C=O) groups excluding carboxylic acids is 2. The maximum atomic E-state index is 12.8. The Balaban J connectivity index is 1.66. The molecule has 2 saturated heterocycles. The molecule has 2 aliphatic rings. The van der Waals surface area contributed by atoms with Crippen LogP contribution >= 0.6 is 0 Å². The molecule has 2 amide bonds. The van der Waals surface area contributed by atoms with Gasteiger partial charge >= 0.3 is 0 Å². The largest absolute Gasteiger partial charge is 0.494 e. The normalized spacial score (nSPS) is 26.8. The first kappa shape index (κ1) is 17.7. The van der Waals surface area contributed by atoms with Crippen LogP contribution < -0.4 is 9.64 Å². The van der Waals surface area contributed by atoms with E-state index >= 15 is 0 Å². The molecule has 6 nitrogen and oxygen atoms in total. The number of ether oxygens (including phenoxy) is 2. The Morgan fingerprint density at radius 2 is 1.80 bits per heavy atom. The van der Waals surface area contributed by atoms with Crippen molar-refractivity contribution in [3.8, 4) is 5.75 Å². The summed E-state index contributed by atoms with van der Waals surface area (Å²) in [7, 11) is 0. The number of rotatable bonds is 4. The van der Waals surface area contributed by atoms with Gasteiger partial charge in [0.2, 0.25) is 11.8 Å². The highest BCUT2D eigenvalue weighted by molar-refractivity contribution is 6.00. The Labute approximate surface area is 148 Å². The molecule has 3 atom stereocenters. The van der Waals surface area contributed by atoms with Crippen molar-refractivity contribution in [1.29, 1.82) is 0 Å². The molecule has 3 rings (SSSR count). The van der Waals surface area contributed by atoms with E-state index < -0.39 is 0 Å². The van der Waals surface area contributed by atoms with Gasteiger partial charge in [0.05, 0.1) is 24.7 Å². The van der Waals surface area contributed by atoms with Crippen LogP contribution in [0.5, 0.6) is 5.75 Å². The van der Waals surface area contributed by atoms with Gasteiger partial charge in [-0.25, -0.2) is 0 Å². The zero-order valence-electron chi connectivity index (χ0n) is 15.1. The SMILES string of the molecule is CCOc1ccc(N2C[C@H](C(=O)N3C[C@@H](C)O[C@@H](C)C3)CC2=O)cc1. The molecule has 0 bridgehead atoms. The average molecular weight is 346 g/mol. The van der Waals surface area contributed by atoms with Crippen LogP contribution in [0.25, 0.3) is 0 Å². The van der Waals surface area contributed by atoms with Gasteiger partial charge in [-0.3, -0.25) is 9.59 Å². The Bertz CT molecular complexity index is 621. The zero-order chi connectivity index (χ0) is 18.0. The van der Waals surface area contributed by atoms with Crippen molar-refractivity contribution in [2.24, 2.45) is 5.92 Å². The maximum Gasteiger partial charge on any atom is 0.228 e. The van der Waals surface area contributed by atoms with Gasteiger partial charge in [0, 0.05) is 31.7 Å². The first-order chi connectivity index (χ1) is 12.0. The molecule has 0 aliphatic carbocycles. The molecule has 2 fully saturated rings. The van der Waals surface area contributed by atoms with Gasteiger partial charge in [0.1, 0.15) is 5.75 Å². The third-order valence-electron chi connectivity index (χ3n) is 4.66. The summed E-state index contributed by atoms with van der Waals surface area (Å²) in [6.07, 6.45) is 0.339. The molecule has 0 unspecified atom stereocenters. The minimum atomic E-state index is -0.281. The monoisotopic (exact) mass is 346 g/mol. The van der Waals surface area contributed by atoms with Gasteiger partial charge in [-0.1, -0.05) is 0 Å².